The van der Waals surface area contributed by atoms with E-state index < -0.39 is 6.04 Å². The lowest BCUT2D eigenvalue weighted by Gasteiger charge is -2.26. The van der Waals surface area contributed by atoms with Crippen LogP contribution in [0.4, 0.5) is 0 Å². The molecule has 6 heteroatoms. The van der Waals surface area contributed by atoms with E-state index in [1.54, 1.807) is 31.0 Å². The van der Waals surface area contributed by atoms with Gasteiger partial charge in [-0.2, -0.15) is 0 Å². The average molecular weight is 296 g/mol. The van der Waals surface area contributed by atoms with Gasteiger partial charge in [-0.05, 0) is 24.6 Å². The van der Waals surface area contributed by atoms with Gasteiger partial charge in [0.15, 0.2) is 0 Å². The minimum Gasteiger partial charge on any atom is -0.349 e. The Balaban J connectivity index is 2.24. The van der Waals surface area contributed by atoms with E-state index in [0.717, 1.165) is 5.56 Å². The molecule has 0 aromatic heterocycles. The van der Waals surface area contributed by atoms with Crippen molar-refractivity contribution >= 4 is 23.4 Å². The lowest BCUT2D eigenvalue weighted by atomic mass is 10.00. The second-order valence-electron chi connectivity index (χ2n) is 5.11. The highest BCUT2D eigenvalue weighted by atomic mass is 35.5. The number of nitrogens with two attached hydrogens (primary N) is 1. The fourth-order valence-electron chi connectivity index (χ4n) is 2.43. The van der Waals surface area contributed by atoms with Gasteiger partial charge >= 0.3 is 0 Å². The van der Waals surface area contributed by atoms with Gasteiger partial charge in [-0.25, -0.2) is 0 Å². The molecular formula is C14H18ClN3O2. The largest absolute Gasteiger partial charge is 0.349 e. The topological polar surface area (TPSA) is 75.4 Å². The number of amides is 2. The molecule has 2 rings (SSSR count). The van der Waals surface area contributed by atoms with Gasteiger partial charge in [-0.15, -0.1) is 0 Å². The number of carbonyl (C=O) groups is 2. The Bertz CT molecular complexity index is 516. The summed E-state index contributed by atoms with van der Waals surface area (Å²) in [6, 6.07) is 6.23. The van der Waals surface area contributed by atoms with Gasteiger partial charge in [0.2, 0.25) is 11.8 Å². The van der Waals surface area contributed by atoms with Crippen LogP contribution >= 0.6 is 11.6 Å². The third-order valence-corrected chi connectivity index (χ3v) is 3.79. The minimum absolute atomic E-state index is 0.0000699. The monoisotopic (exact) mass is 295 g/mol. The lowest BCUT2D eigenvalue weighted by molar-refractivity contribution is -0.127. The number of hydrogen-bond acceptors (Lipinski definition) is 3. The normalized spacial score (nSPS) is 23.8. The number of carbonyl (C=O) groups excluding carboxylic acids is 2. The number of likely N-dealkylation sites (tertiary alicyclic amines) is 1. The van der Waals surface area contributed by atoms with Crippen LogP contribution in [0.1, 0.15) is 24.9 Å². The van der Waals surface area contributed by atoms with Crippen LogP contribution in [0.25, 0.3) is 0 Å². The quantitative estimate of drug-likeness (QED) is 0.876. The van der Waals surface area contributed by atoms with Gasteiger partial charge in [-0.3, -0.25) is 9.59 Å². The Labute approximate surface area is 123 Å². The van der Waals surface area contributed by atoms with Crippen LogP contribution in [0.3, 0.4) is 0 Å². The minimum atomic E-state index is -0.595. The maximum atomic E-state index is 11.9. The summed E-state index contributed by atoms with van der Waals surface area (Å²) in [5.41, 5.74) is 6.50. The van der Waals surface area contributed by atoms with E-state index in [0.29, 0.717) is 5.02 Å². The van der Waals surface area contributed by atoms with Crippen LogP contribution in [0.15, 0.2) is 24.3 Å². The van der Waals surface area contributed by atoms with Crippen LogP contribution < -0.4 is 11.1 Å². The van der Waals surface area contributed by atoms with Crippen molar-refractivity contribution in [1.29, 1.82) is 0 Å². The zero-order chi connectivity index (χ0) is 14.9. The summed E-state index contributed by atoms with van der Waals surface area (Å²) in [6.07, 6.45) is 0.280. The van der Waals surface area contributed by atoms with Crippen molar-refractivity contribution in [1.82, 2.24) is 10.2 Å². The summed E-state index contributed by atoms with van der Waals surface area (Å²) < 4.78 is 0. The zero-order valence-corrected chi connectivity index (χ0v) is 12.2. The second kappa shape index (κ2) is 5.81. The first-order chi connectivity index (χ1) is 9.40. The first-order valence-corrected chi connectivity index (χ1v) is 6.85. The van der Waals surface area contributed by atoms with Crippen molar-refractivity contribution in [2.24, 2.45) is 5.73 Å². The molecule has 1 saturated heterocycles. The summed E-state index contributed by atoms with van der Waals surface area (Å²) >= 11 is 5.88. The number of nitrogens with one attached hydrogen (secondary N) is 1. The Morgan fingerprint density at radius 2 is 2.05 bits per heavy atom. The molecule has 2 unspecified atom stereocenters. The number of likely N-dealkylation sites (N-methyl/N-ethyl adjacent to an activating group) is 1. The number of benzene rings is 1. The van der Waals surface area contributed by atoms with E-state index in [1.165, 1.54) is 0 Å². The summed E-state index contributed by atoms with van der Waals surface area (Å²) in [6.45, 7) is 1.62. The van der Waals surface area contributed by atoms with E-state index in [9.17, 15) is 9.59 Å². The van der Waals surface area contributed by atoms with Gasteiger partial charge < -0.3 is 16.0 Å². The molecule has 1 aliphatic rings. The molecule has 1 aliphatic heterocycles. The molecule has 3 N–H and O–H groups in total. The number of rotatable bonds is 3. The molecule has 1 aromatic carbocycles. The number of halogens is 1. The first kappa shape index (κ1) is 14.8. The Morgan fingerprint density at radius 3 is 2.60 bits per heavy atom. The maximum absolute atomic E-state index is 11.9. The fraction of sp³-hybridized carbons (Fsp3) is 0.429. The SMILES string of the molecule is C[C@@H](N)C(=O)NC1CC(=O)N(C)C1c1ccc(Cl)cc1. The van der Waals surface area contributed by atoms with Gasteiger partial charge in [0.05, 0.1) is 18.1 Å². The molecule has 1 heterocycles. The Hall–Kier alpha value is -1.59. The molecule has 5 nitrogen and oxygen atoms in total. The predicted molar refractivity (Wildman–Crippen MR) is 77.2 cm³/mol. The van der Waals surface area contributed by atoms with Crippen LogP contribution in [0.5, 0.6) is 0 Å². The third kappa shape index (κ3) is 2.94. The molecule has 2 amide bonds. The van der Waals surface area contributed by atoms with Crippen molar-refractivity contribution in [3.8, 4) is 0 Å². The molecule has 3 atom stereocenters. The maximum Gasteiger partial charge on any atom is 0.236 e. The van der Waals surface area contributed by atoms with E-state index in [4.69, 9.17) is 17.3 Å². The highest BCUT2D eigenvalue weighted by molar-refractivity contribution is 6.30. The summed E-state index contributed by atoms with van der Waals surface area (Å²) in [5, 5.41) is 3.48. The molecule has 0 aliphatic carbocycles. The highest BCUT2D eigenvalue weighted by Crippen LogP contribution is 2.32. The Kier molecular flexibility index (Phi) is 4.30. The van der Waals surface area contributed by atoms with Crippen molar-refractivity contribution < 1.29 is 9.59 Å². The molecule has 0 saturated carbocycles. The zero-order valence-electron chi connectivity index (χ0n) is 11.5. The van der Waals surface area contributed by atoms with Crippen LogP contribution in [0, 0.1) is 0 Å². The van der Waals surface area contributed by atoms with E-state index >= 15 is 0 Å². The van der Waals surface area contributed by atoms with Crippen molar-refractivity contribution in [2.75, 3.05) is 7.05 Å². The summed E-state index contributed by atoms with van der Waals surface area (Å²) in [5.74, 6) is -0.253. The fourth-order valence-corrected chi connectivity index (χ4v) is 2.55. The van der Waals surface area contributed by atoms with Gasteiger partial charge in [-0.1, -0.05) is 23.7 Å². The Morgan fingerprint density at radius 1 is 1.45 bits per heavy atom. The lowest BCUT2D eigenvalue weighted by Crippen LogP contribution is -2.45. The molecule has 0 spiro atoms. The van der Waals surface area contributed by atoms with E-state index in [-0.39, 0.29) is 30.3 Å². The van der Waals surface area contributed by atoms with E-state index in [1.807, 2.05) is 12.1 Å². The molecule has 1 fully saturated rings. The molecule has 20 heavy (non-hydrogen) atoms. The van der Waals surface area contributed by atoms with Crippen molar-refractivity contribution in [3.05, 3.63) is 34.9 Å². The van der Waals surface area contributed by atoms with Crippen LogP contribution in [0.2, 0.25) is 5.02 Å². The first-order valence-electron chi connectivity index (χ1n) is 6.47. The van der Waals surface area contributed by atoms with Crippen LogP contribution in [-0.4, -0.2) is 35.8 Å². The smallest absolute Gasteiger partial charge is 0.236 e. The predicted octanol–water partition coefficient (Wildman–Crippen LogP) is 1.08. The standard InChI is InChI=1S/C14H18ClN3O2/c1-8(16)14(20)17-11-7-12(19)18(2)13(11)9-3-5-10(15)6-4-9/h3-6,8,11,13H,7,16H2,1-2H3,(H,17,20)/t8-,11?,13?/m1/s1. The van der Waals surface area contributed by atoms with Gasteiger partial charge in [0, 0.05) is 18.5 Å². The summed E-state index contributed by atoms with van der Waals surface area (Å²) in [7, 11) is 1.74. The number of hydrogen-bond donors (Lipinski definition) is 2. The average Bonchev–Trinajstić information content (AvgIpc) is 2.66. The molecule has 1 aromatic rings. The van der Waals surface area contributed by atoms with Gasteiger partial charge in [0.25, 0.3) is 0 Å². The van der Waals surface area contributed by atoms with Crippen LogP contribution in [-0.2, 0) is 9.59 Å². The van der Waals surface area contributed by atoms with E-state index in [2.05, 4.69) is 5.32 Å². The van der Waals surface area contributed by atoms with Gasteiger partial charge in [0.1, 0.15) is 0 Å². The summed E-state index contributed by atoms with van der Waals surface area (Å²) in [4.78, 5) is 25.3. The second-order valence-corrected chi connectivity index (χ2v) is 5.55. The number of nitrogens with zero attached hydrogens (tertiary/aromatic N) is 1. The molecule has 0 bridgehead atoms. The molecular weight excluding hydrogens is 278 g/mol. The van der Waals surface area contributed by atoms with Crippen molar-refractivity contribution in [2.45, 2.75) is 31.5 Å². The van der Waals surface area contributed by atoms with Crippen molar-refractivity contribution in [3.63, 3.8) is 0 Å². The highest BCUT2D eigenvalue weighted by Gasteiger charge is 2.39. The third-order valence-electron chi connectivity index (χ3n) is 3.54. The molecule has 108 valence electrons. The molecule has 0 radical (unpaired) electrons.